The van der Waals surface area contributed by atoms with Crippen LogP contribution >= 0.6 is 40.7 Å². The van der Waals surface area contributed by atoms with E-state index in [9.17, 15) is 4.79 Å². The fourth-order valence-corrected chi connectivity index (χ4v) is 2.61. The summed E-state index contributed by atoms with van der Waals surface area (Å²) in [5.74, 6) is 1.12. The molecule has 8 heteroatoms. The molecule has 3 rings (SSSR count). The highest BCUT2D eigenvalue weighted by Gasteiger charge is 2.24. The summed E-state index contributed by atoms with van der Waals surface area (Å²) >= 11 is 3.37. The minimum atomic E-state index is -0.0318. The van der Waals surface area contributed by atoms with Gasteiger partial charge in [-0.25, -0.2) is 4.98 Å². The Morgan fingerprint density at radius 3 is 2.46 bits per heavy atom. The van der Waals surface area contributed by atoms with E-state index in [4.69, 9.17) is 10.5 Å². The van der Waals surface area contributed by atoms with Gasteiger partial charge in [0.1, 0.15) is 5.75 Å². The number of hydrogen-bond acceptors (Lipinski definition) is 4. The van der Waals surface area contributed by atoms with Gasteiger partial charge in [0.25, 0.3) is 5.91 Å². The van der Waals surface area contributed by atoms with Crippen molar-refractivity contribution in [2.24, 2.45) is 5.73 Å². The molecule has 0 aliphatic carbocycles. The molecular formula is C16H18BrCl2N3O2. The Kier molecular flexibility index (Phi) is 7.96. The highest BCUT2D eigenvalue weighted by molar-refractivity contribution is 9.10. The number of amides is 1. The van der Waals surface area contributed by atoms with Crippen molar-refractivity contribution in [2.75, 3.05) is 13.1 Å². The zero-order valence-electron chi connectivity index (χ0n) is 12.7. The predicted molar refractivity (Wildman–Crippen MR) is 101 cm³/mol. The average Bonchev–Trinajstić information content (AvgIpc) is 2.96. The number of nitrogens with two attached hydrogens (primary N) is 1. The van der Waals surface area contributed by atoms with Crippen LogP contribution in [0.5, 0.6) is 11.6 Å². The lowest BCUT2D eigenvalue weighted by Gasteiger charge is -2.15. The average molecular weight is 435 g/mol. The Bertz CT molecular complexity index is 668. The van der Waals surface area contributed by atoms with Crippen molar-refractivity contribution < 1.29 is 9.53 Å². The highest BCUT2D eigenvalue weighted by Crippen LogP contribution is 2.22. The number of aromatic nitrogens is 1. The molecule has 2 N–H and O–H groups in total. The predicted octanol–water partition coefficient (Wildman–Crippen LogP) is 3.65. The van der Waals surface area contributed by atoms with E-state index in [2.05, 4.69) is 20.9 Å². The SMILES string of the molecule is Cl.Cl.NC1CCN(C(=O)c2ccc(Oc3ccc(Br)cc3)nc2)C1. The molecule has 1 fully saturated rings. The summed E-state index contributed by atoms with van der Waals surface area (Å²) in [6.07, 6.45) is 2.39. The normalized spacial score (nSPS) is 16.1. The van der Waals surface area contributed by atoms with E-state index in [0.29, 0.717) is 30.3 Å². The summed E-state index contributed by atoms with van der Waals surface area (Å²) in [5.41, 5.74) is 6.38. The van der Waals surface area contributed by atoms with Crippen molar-refractivity contribution in [3.8, 4) is 11.6 Å². The van der Waals surface area contributed by atoms with Crippen LogP contribution in [0.2, 0.25) is 0 Å². The number of likely N-dealkylation sites (tertiary alicyclic amines) is 1. The van der Waals surface area contributed by atoms with Crippen LogP contribution in [0.4, 0.5) is 0 Å². The zero-order valence-corrected chi connectivity index (χ0v) is 15.9. The van der Waals surface area contributed by atoms with E-state index >= 15 is 0 Å². The van der Waals surface area contributed by atoms with Crippen molar-refractivity contribution in [1.29, 1.82) is 0 Å². The van der Waals surface area contributed by atoms with E-state index in [1.54, 1.807) is 23.2 Å². The Labute approximate surface area is 161 Å². The van der Waals surface area contributed by atoms with Gasteiger partial charge in [0.05, 0.1) is 5.56 Å². The van der Waals surface area contributed by atoms with E-state index in [-0.39, 0.29) is 36.8 Å². The van der Waals surface area contributed by atoms with Crippen LogP contribution in [0.25, 0.3) is 0 Å². The van der Waals surface area contributed by atoms with E-state index in [1.165, 1.54) is 0 Å². The van der Waals surface area contributed by atoms with Crippen molar-refractivity contribution in [2.45, 2.75) is 12.5 Å². The Morgan fingerprint density at radius 2 is 1.92 bits per heavy atom. The first kappa shape index (κ1) is 20.7. The first-order valence-corrected chi connectivity index (χ1v) is 7.85. The number of rotatable bonds is 3. The zero-order chi connectivity index (χ0) is 15.5. The molecule has 24 heavy (non-hydrogen) atoms. The lowest BCUT2D eigenvalue weighted by molar-refractivity contribution is 0.0790. The minimum Gasteiger partial charge on any atom is -0.439 e. The van der Waals surface area contributed by atoms with Gasteiger partial charge in [0, 0.05) is 35.9 Å². The van der Waals surface area contributed by atoms with Gasteiger partial charge in [-0.05, 0) is 36.8 Å². The van der Waals surface area contributed by atoms with Gasteiger partial charge < -0.3 is 15.4 Å². The molecule has 1 amide bonds. The van der Waals surface area contributed by atoms with Crippen LogP contribution in [-0.4, -0.2) is 34.9 Å². The summed E-state index contributed by atoms with van der Waals surface area (Å²) in [5, 5.41) is 0. The Hall–Kier alpha value is -1.34. The van der Waals surface area contributed by atoms with Gasteiger partial charge in [-0.1, -0.05) is 15.9 Å². The molecular weight excluding hydrogens is 417 g/mol. The van der Waals surface area contributed by atoms with Gasteiger partial charge in [0.2, 0.25) is 5.88 Å². The number of ether oxygens (including phenoxy) is 1. The Balaban J connectivity index is 0.00000144. The molecule has 5 nitrogen and oxygen atoms in total. The van der Waals surface area contributed by atoms with E-state index in [0.717, 1.165) is 10.9 Å². The van der Waals surface area contributed by atoms with Crippen LogP contribution in [0.15, 0.2) is 47.1 Å². The second-order valence-corrected chi connectivity index (χ2v) is 6.16. The summed E-state index contributed by atoms with van der Waals surface area (Å²) in [6, 6.07) is 11.0. The summed E-state index contributed by atoms with van der Waals surface area (Å²) < 4.78 is 6.62. The maximum atomic E-state index is 12.3. The molecule has 1 aliphatic heterocycles. The molecule has 1 aromatic carbocycles. The van der Waals surface area contributed by atoms with Crippen LogP contribution in [-0.2, 0) is 0 Å². The molecule has 2 aromatic rings. The molecule has 1 aromatic heterocycles. The standard InChI is InChI=1S/C16H16BrN3O2.2ClH/c17-12-2-4-14(5-3-12)22-15-6-1-11(9-19-15)16(21)20-8-7-13(18)10-20;;/h1-6,9,13H,7-8,10,18H2;2*1H. The number of benzene rings is 1. The summed E-state index contributed by atoms with van der Waals surface area (Å²) in [4.78, 5) is 18.2. The second-order valence-electron chi connectivity index (χ2n) is 5.24. The fourth-order valence-electron chi connectivity index (χ4n) is 2.34. The second kappa shape index (κ2) is 9.22. The smallest absolute Gasteiger partial charge is 0.255 e. The first-order chi connectivity index (χ1) is 10.6. The first-order valence-electron chi connectivity index (χ1n) is 7.06. The largest absolute Gasteiger partial charge is 0.439 e. The molecule has 130 valence electrons. The molecule has 1 unspecified atom stereocenters. The molecule has 1 aliphatic rings. The molecule has 1 saturated heterocycles. The molecule has 0 radical (unpaired) electrons. The maximum Gasteiger partial charge on any atom is 0.255 e. The van der Waals surface area contributed by atoms with Gasteiger partial charge >= 0.3 is 0 Å². The van der Waals surface area contributed by atoms with Crippen molar-refractivity contribution in [3.63, 3.8) is 0 Å². The van der Waals surface area contributed by atoms with Crippen molar-refractivity contribution in [1.82, 2.24) is 9.88 Å². The third-order valence-electron chi connectivity index (χ3n) is 3.53. The van der Waals surface area contributed by atoms with Crippen LogP contribution < -0.4 is 10.5 Å². The van der Waals surface area contributed by atoms with Crippen LogP contribution in [0, 0.1) is 0 Å². The molecule has 2 heterocycles. The number of hydrogen-bond donors (Lipinski definition) is 1. The van der Waals surface area contributed by atoms with Gasteiger partial charge in [-0.15, -0.1) is 24.8 Å². The Morgan fingerprint density at radius 1 is 1.21 bits per heavy atom. The molecule has 0 bridgehead atoms. The molecule has 0 saturated carbocycles. The number of carbonyl (C=O) groups is 1. The van der Waals surface area contributed by atoms with Gasteiger partial charge in [-0.3, -0.25) is 4.79 Å². The van der Waals surface area contributed by atoms with Crippen molar-refractivity contribution in [3.05, 3.63) is 52.6 Å². The van der Waals surface area contributed by atoms with Crippen LogP contribution in [0.3, 0.4) is 0 Å². The third kappa shape index (κ3) is 5.08. The lowest BCUT2D eigenvalue weighted by Crippen LogP contribution is -2.31. The highest BCUT2D eigenvalue weighted by atomic mass is 79.9. The topological polar surface area (TPSA) is 68.5 Å². The molecule has 0 spiro atoms. The fraction of sp³-hybridized carbons (Fsp3) is 0.250. The summed E-state index contributed by atoms with van der Waals surface area (Å²) in [6.45, 7) is 1.31. The quantitative estimate of drug-likeness (QED) is 0.800. The number of pyridine rings is 1. The minimum absolute atomic E-state index is 0. The van der Waals surface area contributed by atoms with E-state index < -0.39 is 0 Å². The monoisotopic (exact) mass is 433 g/mol. The van der Waals surface area contributed by atoms with E-state index in [1.807, 2.05) is 24.3 Å². The summed E-state index contributed by atoms with van der Waals surface area (Å²) in [7, 11) is 0. The van der Waals surface area contributed by atoms with Gasteiger partial charge in [-0.2, -0.15) is 0 Å². The maximum absolute atomic E-state index is 12.3. The number of halogens is 3. The third-order valence-corrected chi connectivity index (χ3v) is 4.06. The number of carbonyl (C=O) groups excluding carboxylic acids is 1. The number of nitrogens with zero attached hydrogens (tertiary/aromatic N) is 2. The van der Waals surface area contributed by atoms with Gasteiger partial charge in [0.15, 0.2) is 0 Å². The lowest BCUT2D eigenvalue weighted by atomic mass is 10.2. The van der Waals surface area contributed by atoms with Crippen molar-refractivity contribution >= 4 is 46.7 Å². The van der Waals surface area contributed by atoms with Crippen LogP contribution in [0.1, 0.15) is 16.8 Å². The molecule has 1 atom stereocenters.